The third kappa shape index (κ3) is 4.83. The Kier molecular flexibility index (Phi) is 5.89. The molecule has 0 radical (unpaired) electrons. The largest absolute Gasteiger partial charge is 0.481 e. The van der Waals surface area contributed by atoms with Gasteiger partial charge >= 0.3 is 5.97 Å². The van der Waals surface area contributed by atoms with E-state index in [4.69, 9.17) is 10.8 Å². The molecule has 0 bridgehead atoms. The van der Waals surface area contributed by atoms with E-state index in [0.717, 1.165) is 0 Å². The van der Waals surface area contributed by atoms with Crippen molar-refractivity contribution in [1.82, 2.24) is 5.32 Å². The number of carbonyl (C=O) groups excluding carboxylic acids is 2. The van der Waals surface area contributed by atoms with E-state index in [9.17, 15) is 14.4 Å². The minimum Gasteiger partial charge on any atom is -0.481 e. The molecule has 0 fully saturated rings. The van der Waals surface area contributed by atoms with Gasteiger partial charge in [0.1, 0.15) is 6.29 Å². The Bertz CT molecular complexity index is 234. The van der Waals surface area contributed by atoms with Crippen molar-refractivity contribution in [2.75, 3.05) is 5.75 Å². The van der Waals surface area contributed by atoms with Gasteiger partial charge in [0.15, 0.2) is 0 Å². The Hall–Kier alpha value is -1.08. The maximum Gasteiger partial charge on any atom is 0.305 e. The van der Waals surface area contributed by atoms with Crippen molar-refractivity contribution in [1.29, 1.82) is 0 Å². The summed E-state index contributed by atoms with van der Waals surface area (Å²) in [5, 5.41) is 10.6. The molecular formula is C7H12N2O4S. The topological polar surface area (TPSA) is 109 Å². The zero-order valence-corrected chi connectivity index (χ0v) is 8.24. The van der Waals surface area contributed by atoms with Crippen LogP contribution in [0.15, 0.2) is 0 Å². The molecule has 0 saturated carbocycles. The van der Waals surface area contributed by atoms with Gasteiger partial charge in [0.2, 0.25) is 5.91 Å². The molecule has 6 nitrogen and oxygen atoms in total. The fourth-order valence-corrected chi connectivity index (χ4v) is 0.860. The lowest BCUT2D eigenvalue weighted by Crippen LogP contribution is -2.47. The minimum absolute atomic E-state index is 0.129. The number of carboxylic acids is 1. The lowest BCUT2D eigenvalue weighted by Gasteiger charge is -2.13. The van der Waals surface area contributed by atoms with E-state index in [1.807, 2.05) is 0 Å². The van der Waals surface area contributed by atoms with Crippen LogP contribution in [0.1, 0.15) is 6.42 Å². The number of nitrogens with one attached hydrogen (secondary N) is 1. The lowest BCUT2D eigenvalue weighted by atomic mass is 10.2. The first-order valence-corrected chi connectivity index (χ1v) is 4.48. The molecule has 4 N–H and O–H groups in total. The SMILES string of the molecule is N[C@@H](CS)C(=O)N[C@H](C=O)CC(=O)O. The number of carbonyl (C=O) groups is 3. The van der Waals surface area contributed by atoms with Crippen LogP contribution in [0.4, 0.5) is 0 Å². The van der Waals surface area contributed by atoms with E-state index in [2.05, 4.69) is 17.9 Å². The third-order valence-electron chi connectivity index (χ3n) is 1.42. The van der Waals surface area contributed by atoms with Crippen LogP contribution in [0.25, 0.3) is 0 Å². The van der Waals surface area contributed by atoms with E-state index in [1.54, 1.807) is 0 Å². The molecular weight excluding hydrogens is 208 g/mol. The van der Waals surface area contributed by atoms with Crippen LogP contribution in [-0.4, -0.2) is 41.1 Å². The molecule has 0 unspecified atom stereocenters. The number of carboxylic acid groups (broad SMARTS) is 1. The molecule has 0 saturated heterocycles. The van der Waals surface area contributed by atoms with Crippen LogP contribution >= 0.6 is 12.6 Å². The normalized spacial score (nSPS) is 14.1. The van der Waals surface area contributed by atoms with Gasteiger partial charge in [-0.25, -0.2) is 0 Å². The van der Waals surface area contributed by atoms with Gasteiger partial charge in [0.25, 0.3) is 0 Å². The van der Waals surface area contributed by atoms with E-state index in [1.165, 1.54) is 0 Å². The Balaban J connectivity index is 4.11. The van der Waals surface area contributed by atoms with Gasteiger partial charge in [-0.1, -0.05) is 0 Å². The summed E-state index contributed by atoms with van der Waals surface area (Å²) in [6.07, 6.45) is -0.0915. The molecule has 7 heteroatoms. The molecule has 0 heterocycles. The van der Waals surface area contributed by atoms with Crippen molar-refractivity contribution in [3.8, 4) is 0 Å². The fourth-order valence-electron chi connectivity index (χ4n) is 0.694. The number of hydrogen-bond acceptors (Lipinski definition) is 5. The summed E-state index contributed by atoms with van der Waals surface area (Å²) < 4.78 is 0. The number of aliphatic carboxylic acids is 1. The van der Waals surface area contributed by atoms with Gasteiger partial charge in [0.05, 0.1) is 18.5 Å². The maximum atomic E-state index is 11.1. The molecule has 80 valence electrons. The monoisotopic (exact) mass is 220 g/mol. The first kappa shape index (κ1) is 12.9. The zero-order valence-electron chi connectivity index (χ0n) is 7.34. The van der Waals surface area contributed by atoms with Gasteiger partial charge in [-0.15, -0.1) is 0 Å². The van der Waals surface area contributed by atoms with E-state index < -0.39 is 30.4 Å². The number of amides is 1. The molecule has 0 aliphatic rings. The first-order chi connectivity index (χ1) is 6.51. The summed E-state index contributed by atoms with van der Waals surface area (Å²) in [7, 11) is 0. The fraction of sp³-hybridized carbons (Fsp3) is 0.571. The molecule has 0 aromatic carbocycles. The summed E-state index contributed by atoms with van der Waals surface area (Å²) >= 11 is 3.79. The molecule has 0 rings (SSSR count). The Morgan fingerprint density at radius 2 is 2.14 bits per heavy atom. The van der Waals surface area contributed by atoms with Crippen LogP contribution in [0.2, 0.25) is 0 Å². The molecule has 0 aliphatic carbocycles. The highest BCUT2D eigenvalue weighted by atomic mass is 32.1. The first-order valence-electron chi connectivity index (χ1n) is 3.85. The third-order valence-corrected chi connectivity index (χ3v) is 1.81. The highest BCUT2D eigenvalue weighted by Gasteiger charge is 2.18. The minimum atomic E-state index is -1.16. The highest BCUT2D eigenvalue weighted by molar-refractivity contribution is 7.80. The van der Waals surface area contributed by atoms with Crippen LogP contribution in [0.3, 0.4) is 0 Å². The van der Waals surface area contributed by atoms with E-state index in [0.29, 0.717) is 6.29 Å². The Morgan fingerprint density at radius 1 is 1.57 bits per heavy atom. The van der Waals surface area contributed by atoms with Crippen molar-refractivity contribution in [2.45, 2.75) is 18.5 Å². The number of hydrogen-bond donors (Lipinski definition) is 4. The van der Waals surface area contributed by atoms with Crippen LogP contribution in [0.5, 0.6) is 0 Å². The average molecular weight is 220 g/mol. The molecule has 1 amide bonds. The summed E-state index contributed by atoms with van der Waals surface area (Å²) in [6, 6.07) is -1.87. The smallest absolute Gasteiger partial charge is 0.305 e. The number of aldehydes is 1. The van der Waals surface area contributed by atoms with Crippen LogP contribution in [-0.2, 0) is 14.4 Å². The van der Waals surface area contributed by atoms with Gasteiger partial charge in [-0.05, 0) is 0 Å². The van der Waals surface area contributed by atoms with Crippen molar-refractivity contribution >= 4 is 30.8 Å². The molecule has 0 aliphatic heterocycles. The molecule has 2 atom stereocenters. The summed E-state index contributed by atoms with van der Waals surface area (Å²) in [6.45, 7) is 0. The van der Waals surface area contributed by atoms with Gasteiger partial charge < -0.3 is 21.0 Å². The van der Waals surface area contributed by atoms with Crippen LogP contribution in [0, 0.1) is 0 Å². The number of rotatable bonds is 6. The van der Waals surface area contributed by atoms with Crippen molar-refractivity contribution in [3.05, 3.63) is 0 Å². The Morgan fingerprint density at radius 3 is 2.50 bits per heavy atom. The number of thiol groups is 1. The van der Waals surface area contributed by atoms with E-state index in [-0.39, 0.29) is 5.75 Å². The molecule has 14 heavy (non-hydrogen) atoms. The summed E-state index contributed by atoms with van der Waals surface area (Å²) in [5.41, 5.74) is 5.30. The van der Waals surface area contributed by atoms with Gasteiger partial charge in [-0.3, -0.25) is 9.59 Å². The standard InChI is InChI=1S/C7H12N2O4S/c8-5(3-14)7(13)9-4(2-10)1-6(11)12/h2,4-5,14H,1,3,8H2,(H,9,13)(H,11,12)/t4-,5-/m0/s1. The van der Waals surface area contributed by atoms with Gasteiger partial charge in [0, 0.05) is 5.75 Å². The quantitative estimate of drug-likeness (QED) is 0.318. The summed E-state index contributed by atoms with van der Waals surface area (Å²) in [4.78, 5) is 31.7. The molecule has 0 spiro atoms. The second-order valence-corrected chi connectivity index (χ2v) is 3.00. The zero-order chi connectivity index (χ0) is 11.1. The second kappa shape index (κ2) is 6.39. The predicted molar refractivity (Wildman–Crippen MR) is 52.1 cm³/mol. The van der Waals surface area contributed by atoms with Crippen molar-refractivity contribution in [2.24, 2.45) is 5.73 Å². The maximum absolute atomic E-state index is 11.1. The lowest BCUT2D eigenvalue weighted by molar-refractivity contribution is -0.138. The number of nitrogens with two attached hydrogens (primary N) is 1. The van der Waals surface area contributed by atoms with E-state index >= 15 is 0 Å². The Labute approximate surface area is 86.3 Å². The highest BCUT2D eigenvalue weighted by Crippen LogP contribution is 1.91. The average Bonchev–Trinajstić information content (AvgIpc) is 2.14. The molecule has 0 aromatic heterocycles. The predicted octanol–water partition coefficient (Wildman–Crippen LogP) is -1.60. The summed E-state index contributed by atoms with van der Waals surface area (Å²) in [5.74, 6) is -1.62. The van der Waals surface area contributed by atoms with Crippen molar-refractivity contribution in [3.63, 3.8) is 0 Å². The van der Waals surface area contributed by atoms with Crippen molar-refractivity contribution < 1.29 is 19.5 Å². The molecule has 0 aromatic rings. The van der Waals surface area contributed by atoms with Crippen LogP contribution < -0.4 is 11.1 Å². The van der Waals surface area contributed by atoms with Gasteiger partial charge in [-0.2, -0.15) is 12.6 Å². The second-order valence-electron chi connectivity index (χ2n) is 2.64.